The number of sulfonamides is 1. The average Bonchev–Trinajstić information content (AvgIpc) is 2.37. The Labute approximate surface area is 130 Å². The summed E-state index contributed by atoms with van der Waals surface area (Å²) in [5, 5.41) is 2.96. The fourth-order valence-corrected chi connectivity index (χ4v) is 3.21. The maximum Gasteiger partial charge on any atom is 0.417 e. The second kappa shape index (κ2) is 7.57. The first kappa shape index (κ1) is 18.4. The fourth-order valence-electron chi connectivity index (χ4n) is 1.61. The molecule has 0 saturated heterocycles. The Morgan fingerprint density at radius 2 is 1.86 bits per heavy atom. The molecule has 0 bridgehead atoms. The SMILES string of the molecule is CCCNCCNS(=O)(=O)c1ccc(Br)cc1C(F)(F)F. The van der Waals surface area contributed by atoms with Gasteiger partial charge in [0, 0.05) is 17.6 Å². The zero-order chi connectivity index (χ0) is 16.1. The van der Waals surface area contributed by atoms with Crippen LogP contribution < -0.4 is 10.0 Å². The van der Waals surface area contributed by atoms with Crippen molar-refractivity contribution in [1.29, 1.82) is 0 Å². The van der Waals surface area contributed by atoms with E-state index in [1.54, 1.807) is 0 Å². The summed E-state index contributed by atoms with van der Waals surface area (Å²) >= 11 is 2.91. The number of halogens is 4. The van der Waals surface area contributed by atoms with E-state index in [0.717, 1.165) is 18.6 Å². The van der Waals surface area contributed by atoms with Gasteiger partial charge in [-0.3, -0.25) is 0 Å². The number of nitrogens with one attached hydrogen (secondary N) is 2. The summed E-state index contributed by atoms with van der Waals surface area (Å²) in [7, 11) is -4.21. The van der Waals surface area contributed by atoms with Crippen LogP contribution in [0.4, 0.5) is 13.2 Å². The lowest BCUT2D eigenvalue weighted by Gasteiger charge is -2.14. The number of hydrogen-bond donors (Lipinski definition) is 2. The number of benzene rings is 1. The zero-order valence-electron chi connectivity index (χ0n) is 11.3. The van der Waals surface area contributed by atoms with E-state index in [-0.39, 0.29) is 11.0 Å². The quantitative estimate of drug-likeness (QED) is 0.706. The number of alkyl halides is 3. The van der Waals surface area contributed by atoms with Gasteiger partial charge in [-0.2, -0.15) is 13.2 Å². The standard InChI is InChI=1S/C12H16BrF3N2O2S/c1-2-5-17-6-7-18-21(19,20)11-4-3-9(13)8-10(11)12(14,15)16/h3-4,8,17-18H,2,5-7H2,1H3. The minimum atomic E-state index is -4.74. The van der Waals surface area contributed by atoms with Crippen LogP contribution in [0.25, 0.3) is 0 Å². The highest BCUT2D eigenvalue weighted by molar-refractivity contribution is 9.10. The lowest BCUT2D eigenvalue weighted by Crippen LogP contribution is -2.33. The molecule has 0 aromatic heterocycles. The predicted octanol–water partition coefficient (Wildman–Crippen LogP) is 2.75. The van der Waals surface area contributed by atoms with Crippen LogP contribution in [0.5, 0.6) is 0 Å². The molecule has 1 aromatic rings. The van der Waals surface area contributed by atoms with Gasteiger partial charge in [0.1, 0.15) is 0 Å². The molecule has 0 unspecified atom stereocenters. The van der Waals surface area contributed by atoms with E-state index in [1.165, 1.54) is 6.07 Å². The summed E-state index contributed by atoms with van der Waals surface area (Å²) < 4.78 is 65.1. The highest BCUT2D eigenvalue weighted by atomic mass is 79.9. The molecule has 0 aliphatic rings. The van der Waals surface area contributed by atoms with Crippen molar-refractivity contribution in [3.8, 4) is 0 Å². The second-order valence-corrected chi connectivity index (χ2v) is 6.94. The molecule has 0 atom stereocenters. The van der Waals surface area contributed by atoms with Crippen LogP contribution in [0, 0.1) is 0 Å². The van der Waals surface area contributed by atoms with Crippen LogP contribution in [0.15, 0.2) is 27.6 Å². The molecule has 120 valence electrons. The van der Waals surface area contributed by atoms with Crippen molar-refractivity contribution in [3.63, 3.8) is 0 Å². The summed E-state index contributed by atoms with van der Waals surface area (Å²) in [6, 6.07) is 2.96. The van der Waals surface area contributed by atoms with Crippen LogP contribution in [0.3, 0.4) is 0 Å². The van der Waals surface area contributed by atoms with Gasteiger partial charge in [-0.1, -0.05) is 22.9 Å². The van der Waals surface area contributed by atoms with E-state index in [2.05, 4.69) is 26.0 Å². The van der Waals surface area contributed by atoms with Crippen LogP contribution in [0.2, 0.25) is 0 Å². The smallest absolute Gasteiger partial charge is 0.315 e. The Bertz CT molecular complexity index is 576. The summed E-state index contributed by atoms with van der Waals surface area (Å²) in [5.41, 5.74) is -1.19. The van der Waals surface area contributed by atoms with E-state index in [9.17, 15) is 21.6 Å². The van der Waals surface area contributed by atoms with E-state index < -0.39 is 26.7 Å². The van der Waals surface area contributed by atoms with E-state index in [4.69, 9.17) is 0 Å². The summed E-state index contributed by atoms with van der Waals surface area (Å²) in [6.45, 7) is 3.04. The van der Waals surface area contributed by atoms with Gasteiger partial charge in [0.15, 0.2) is 0 Å². The number of hydrogen-bond acceptors (Lipinski definition) is 3. The zero-order valence-corrected chi connectivity index (χ0v) is 13.7. The van der Waals surface area contributed by atoms with Gasteiger partial charge >= 0.3 is 6.18 Å². The van der Waals surface area contributed by atoms with Gasteiger partial charge in [0.05, 0.1) is 10.5 Å². The maximum absolute atomic E-state index is 12.9. The first-order valence-electron chi connectivity index (χ1n) is 6.25. The van der Waals surface area contributed by atoms with E-state index in [0.29, 0.717) is 13.1 Å². The van der Waals surface area contributed by atoms with Crippen LogP contribution in [-0.4, -0.2) is 28.1 Å². The van der Waals surface area contributed by atoms with Crippen molar-refractivity contribution in [2.75, 3.05) is 19.6 Å². The highest BCUT2D eigenvalue weighted by Gasteiger charge is 2.37. The third kappa shape index (κ3) is 5.57. The molecule has 2 N–H and O–H groups in total. The monoisotopic (exact) mass is 388 g/mol. The van der Waals surface area contributed by atoms with Gasteiger partial charge < -0.3 is 5.32 Å². The molecule has 1 aromatic carbocycles. The Morgan fingerprint density at radius 3 is 2.43 bits per heavy atom. The molecular weight excluding hydrogens is 373 g/mol. The molecule has 21 heavy (non-hydrogen) atoms. The van der Waals surface area contributed by atoms with Crippen molar-refractivity contribution in [2.45, 2.75) is 24.4 Å². The molecular formula is C12H16BrF3N2O2S. The number of rotatable bonds is 7. The molecule has 0 heterocycles. The van der Waals surface area contributed by atoms with Gasteiger partial charge in [0.25, 0.3) is 0 Å². The summed E-state index contributed by atoms with van der Waals surface area (Å²) in [4.78, 5) is -0.770. The normalized spacial score (nSPS) is 12.6. The fraction of sp³-hybridized carbons (Fsp3) is 0.500. The minimum absolute atomic E-state index is 0.0235. The average molecular weight is 389 g/mol. The van der Waals surface area contributed by atoms with Gasteiger partial charge in [-0.25, -0.2) is 13.1 Å². The molecule has 0 aliphatic carbocycles. The van der Waals surface area contributed by atoms with Crippen LogP contribution in [0.1, 0.15) is 18.9 Å². The maximum atomic E-state index is 12.9. The predicted molar refractivity (Wildman–Crippen MR) is 77.5 cm³/mol. The molecule has 0 aliphatic heterocycles. The largest absolute Gasteiger partial charge is 0.417 e. The Hall–Kier alpha value is -0.640. The molecule has 4 nitrogen and oxygen atoms in total. The van der Waals surface area contributed by atoms with E-state index >= 15 is 0 Å². The molecule has 0 amide bonds. The molecule has 0 spiro atoms. The molecule has 9 heteroatoms. The van der Waals surface area contributed by atoms with E-state index in [1.807, 2.05) is 6.92 Å². The third-order valence-electron chi connectivity index (χ3n) is 2.56. The Kier molecular flexibility index (Phi) is 6.64. The summed E-state index contributed by atoms with van der Waals surface area (Å²) in [5.74, 6) is 0. The van der Waals surface area contributed by atoms with Crippen LogP contribution >= 0.6 is 15.9 Å². The minimum Gasteiger partial charge on any atom is -0.315 e. The summed E-state index contributed by atoms with van der Waals surface area (Å²) in [6.07, 6.45) is -3.86. The first-order valence-corrected chi connectivity index (χ1v) is 8.53. The highest BCUT2D eigenvalue weighted by Crippen LogP contribution is 2.35. The first-order chi connectivity index (χ1) is 9.68. The van der Waals surface area contributed by atoms with Crippen molar-refractivity contribution in [2.24, 2.45) is 0 Å². The topological polar surface area (TPSA) is 58.2 Å². The second-order valence-electron chi connectivity index (χ2n) is 4.29. The lowest BCUT2D eigenvalue weighted by atomic mass is 10.2. The van der Waals surface area contributed by atoms with Gasteiger partial charge in [-0.15, -0.1) is 0 Å². The van der Waals surface area contributed by atoms with Crippen molar-refractivity contribution in [3.05, 3.63) is 28.2 Å². The van der Waals surface area contributed by atoms with Gasteiger partial charge in [0.2, 0.25) is 10.0 Å². The molecule has 0 fully saturated rings. The molecule has 0 radical (unpaired) electrons. The van der Waals surface area contributed by atoms with Crippen LogP contribution in [-0.2, 0) is 16.2 Å². The Balaban J connectivity index is 2.93. The lowest BCUT2D eigenvalue weighted by molar-refractivity contribution is -0.139. The van der Waals surface area contributed by atoms with Gasteiger partial charge in [-0.05, 0) is 31.2 Å². The van der Waals surface area contributed by atoms with Crippen molar-refractivity contribution in [1.82, 2.24) is 10.0 Å². The molecule has 1 rings (SSSR count). The molecule has 0 saturated carbocycles. The van der Waals surface area contributed by atoms with Crippen molar-refractivity contribution >= 4 is 26.0 Å². The Morgan fingerprint density at radius 1 is 1.19 bits per heavy atom. The van der Waals surface area contributed by atoms with Crippen molar-refractivity contribution < 1.29 is 21.6 Å². The third-order valence-corrected chi connectivity index (χ3v) is 4.57.